The Balaban J connectivity index is 1.25. The van der Waals surface area contributed by atoms with Crippen molar-refractivity contribution in [1.29, 1.82) is 0 Å². The van der Waals surface area contributed by atoms with Crippen molar-refractivity contribution in [2.24, 2.45) is 0 Å². The lowest BCUT2D eigenvalue weighted by atomic mass is 10.1. The number of para-hydroxylation sites is 1. The minimum Gasteiger partial charge on any atom is -0.418 e. The number of halogens is 3. The van der Waals surface area contributed by atoms with Gasteiger partial charge in [-0.1, -0.05) is 18.2 Å². The Morgan fingerprint density at radius 2 is 2.03 bits per heavy atom. The van der Waals surface area contributed by atoms with Crippen molar-refractivity contribution in [3.05, 3.63) is 48.0 Å². The van der Waals surface area contributed by atoms with Gasteiger partial charge in [0.15, 0.2) is 0 Å². The number of aromatic nitrogens is 2. The second kappa shape index (κ2) is 9.84. The Hall–Kier alpha value is -3.05. The van der Waals surface area contributed by atoms with Crippen LogP contribution >= 0.6 is 0 Å². The molecule has 1 aliphatic rings. The first-order valence-corrected chi connectivity index (χ1v) is 10.8. The number of alkyl halides is 3. The third-order valence-corrected chi connectivity index (χ3v) is 5.61. The molecule has 0 saturated carbocycles. The van der Waals surface area contributed by atoms with Gasteiger partial charge in [0.25, 0.3) is 11.9 Å². The third kappa shape index (κ3) is 6.05. The highest BCUT2D eigenvalue weighted by molar-refractivity contribution is 5.91. The monoisotopic (exact) mass is 465 g/mol. The molecule has 4 rings (SSSR count). The number of fused-ring (bicyclic) bond motifs is 1. The van der Waals surface area contributed by atoms with Crippen LogP contribution in [0.15, 0.2) is 41.1 Å². The summed E-state index contributed by atoms with van der Waals surface area (Å²) in [5.41, 5.74) is 2.18. The van der Waals surface area contributed by atoms with E-state index >= 15 is 0 Å². The number of benzene rings is 1. The first kappa shape index (κ1) is 23.1. The summed E-state index contributed by atoms with van der Waals surface area (Å²) in [4.78, 5) is 23.8. The van der Waals surface area contributed by atoms with E-state index in [1.165, 1.54) is 6.20 Å². The molecular formula is C22H26F3N5O3. The lowest BCUT2D eigenvalue weighted by Gasteiger charge is -2.33. The zero-order chi connectivity index (χ0) is 23.4. The average molecular weight is 465 g/mol. The molecule has 1 fully saturated rings. The number of anilines is 1. The molecule has 1 aliphatic heterocycles. The van der Waals surface area contributed by atoms with E-state index in [0.717, 1.165) is 16.5 Å². The number of hydrogen-bond donors (Lipinski definition) is 2. The average Bonchev–Trinajstić information content (AvgIpc) is 3.41. The third-order valence-electron chi connectivity index (χ3n) is 5.61. The van der Waals surface area contributed by atoms with Crippen LogP contribution in [0.3, 0.4) is 0 Å². The van der Waals surface area contributed by atoms with Gasteiger partial charge >= 0.3 is 6.36 Å². The molecule has 178 valence electrons. The van der Waals surface area contributed by atoms with Gasteiger partial charge in [-0.3, -0.25) is 14.4 Å². The van der Waals surface area contributed by atoms with Crippen molar-refractivity contribution >= 4 is 22.8 Å². The van der Waals surface area contributed by atoms with E-state index in [2.05, 4.69) is 20.0 Å². The molecule has 0 radical (unpaired) electrons. The molecule has 2 aromatic heterocycles. The first-order valence-electron chi connectivity index (χ1n) is 10.8. The molecule has 3 aromatic rings. The fraction of sp³-hybridized carbons (Fsp3) is 0.455. The minimum absolute atomic E-state index is 0.118. The Kier molecular flexibility index (Phi) is 6.89. The van der Waals surface area contributed by atoms with Crippen LogP contribution in [0.25, 0.3) is 10.9 Å². The van der Waals surface area contributed by atoms with Gasteiger partial charge < -0.3 is 19.6 Å². The normalized spacial score (nSPS) is 16.3. The largest absolute Gasteiger partial charge is 0.522 e. The highest BCUT2D eigenvalue weighted by atomic mass is 19.4. The molecule has 1 aromatic carbocycles. The number of nitrogens with one attached hydrogen (secondary N) is 2. The summed E-state index contributed by atoms with van der Waals surface area (Å²) in [6, 6.07) is 8.21. The van der Waals surface area contributed by atoms with E-state index in [1.54, 1.807) is 0 Å². The molecule has 11 heteroatoms. The second-order valence-electron chi connectivity index (χ2n) is 8.07. The van der Waals surface area contributed by atoms with E-state index in [-0.39, 0.29) is 24.3 Å². The molecule has 0 aliphatic carbocycles. The van der Waals surface area contributed by atoms with Crippen molar-refractivity contribution < 1.29 is 27.1 Å². The number of ether oxygens (including phenoxy) is 1. The predicted molar refractivity (Wildman–Crippen MR) is 116 cm³/mol. The van der Waals surface area contributed by atoms with Crippen molar-refractivity contribution in [2.45, 2.75) is 25.7 Å². The minimum atomic E-state index is -4.61. The van der Waals surface area contributed by atoms with Crippen molar-refractivity contribution in [2.75, 3.05) is 44.2 Å². The molecule has 1 unspecified atom stereocenters. The van der Waals surface area contributed by atoms with Crippen LogP contribution in [0.4, 0.5) is 19.2 Å². The van der Waals surface area contributed by atoms with E-state index in [9.17, 15) is 18.0 Å². The van der Waals surface area contributed by atoms with Gasteiger partial charge in [0, 0.05) is 55.9 Å². The molecule has 1 atom stereocenters. The van der Waals surface area contributed by atoms with Crippen LogP contribution in [0, 0.1) is 0 Å². The molecule has 33 heavy (non-hydrogen) atoms. The molecule has 0 bridgehead atoms. The number of oxazole rings is 1. The van der Waals surface area contributed by atoms with Gasteiger partial charge in [-0.25, -0.2) is 4.98 Å². The summed E-state index contributed by atoms with van der Waals surface area (Å²) < 4.78 is 45.8. The zero-order valence-electron chi connectivity index (χ0n) is 18.2. The number of piperazine rings is 1. The van der Waals surface area contributed by atoms with Crippen LogP contribution in [0.1, 0.15) is 23.0 Å². The number of nitrogens with zero attached hydrogens (tertiary/aromatic N) is 3. The standard InChI is InChI=1S/C22H26F3N5O3/c1-15(12-16-13-26-18-5-3-2-4-17(16)18)28-20(31)19-14-27-21(33-19)30-8-6-29(7-9-30)10-11-32-22(23,24)25/h2-5,13-15,26H,6-12H2,1H3,(H,28,31). The quantitative estimate of drug-likeness (QED) is 0.532. The van der Waals surface area contributed by atoms with Crippen LogP contribution in [-0.2, 0) is 11.2 Å². The summed E-state index contributed by atoms with van der Waals surface area (Å²) in [5.74, 6) is -0.221. The molecule has 8 nitrogen and oxygen atoms in total. The highest BCUT2D eigenvalue weighted by Crippen LogP contribution is 2.20. The highest BCUT2D eigenvalue weighted by Gasteiger charge is 2.29. The second-order valence-corrected chi connectivity index (χ2v) is 8.07. The van der Waals surface area contributed by atoms with Gasteiger partial charge in [-0.2, -0.15) is 0 Å². The molecule has 0 spiro atoms. The topological polar surface area (TPSA) is 86.6 Å². The van der Waals surface area contributed by atoms with Gasteiger partial charge in [0.1, 0.15) is 0 Å². The van der Waals surface area contributed by atoms with Crippen molar-refractivity contribution in [1.82, 2.24) is 20.2 Å². The van der Waals surface area contributed by atoms with E-state index < -0.39 is 13.0 Å². The smallest absolute Gasteiger partial charge is 0.418 e. The molecule has 3 heterocycles. The maximum absolute atomic E-state index is 12.6. The lowest BCUT2D eigenvalue weighted by Crippen LogP contribution is -2.47. The Bertz CT molecular complexity index is 1070. The van der Waals surface area contributed by atoms with Gasteiger partial charge in [-0.05, 0) is 25.0 Å². The van der Waals surface area contributed by atoms with Crippen LogP contribution < -0.4 is 10.2 Å². The fourth-order valence-electron chi connectivity index (χ4n) is 3.95. The Labute approximate surface area is 188 Å². The summed E-state index contributed by atoms with van der Waals surface area (Å²) in [7, 11) is 0. The van der Waals surface area contributed by atoms with Gasteiger partial charge in [0.2, 0.25) is 5.76 Å². The van der Waals surface area contributed by atoms with Crippen LogP contribution in [0.2, 0.25) is 0 Å². The number of hydrogen-bond acceptors (Lipinski definition) is 6. The number of carbonyl (C=O) groups excluding carboxylic acids is 1. The summed E-state index contributed by atoms with van der Waals surface area (Å²) >= 11 is 0. The van der Waals surface area contributed by atoms with Gasteiger partial charge in [0.05, 0.1) is 12.8 Å². The number of carbonyl (C=O) groups is 1. The summed E-state index contributed by atoms with van der Waals surface area (Å²) in [5, 5.41) is 4.07. The van der Waals surface area contributed by atoms with Gasteiger partial charge in [-0.15, -0.1) is 13.2 Å². The maximum Gasteiger partial charge on any atom is 0.522 e. The number of H-pyrrole nitrogens is 1. The van der Waals surface area contributed by atoms with E-state index in [0.29, 0.717) is 38.6 Å². The fourth-order valence-corrected chi connectivity index (χ4v) is 3.95. The van der Waals surface area contributed by atoms with E-state index in [1.807, 2.05) is 47.2 Å². The molecular weight excluding hydrogens is 439 g/mol. The molecule has 1 amide bonds. The zero-order valence-corrected chi connectivity index (χ0v) is 18.2. The van der Waals surface area contributed by atoms with Crippen molar-refractivity contribution in [3.8, 4) is 0 Å². The van der Waals surface area contributed by atoms with Crippen molar-refractivity contribution in [3.63, 3.8) is 0 Å². The SMILES string of the molecule is CC(Cc1c[nH]c2ccccc12)NC(=O)c1cnc(N2CCN(CCOC(F)(F)F)CC2)o1. The maximum atomic E-state index is 12.6. The molecule has 2 N–H and O–H groups in total. The predicted octanol–water partition coefficient (Wildman–Crippen LogP) is 3.18. The Morgan fingerprint density at radius 3 is 2.79 bits per heavy atom. The van der Waals surface area contributed by atoms with E-state index in [4.69, 9.17) is 4.42 Å². The lowest BCUT2D eigenvalue weighted by molar-refractivity contribution is -0.325. The first-order chi connectivity index (χ1) is 15.8. The number of aromatic amines is 1. The summed E-state index contributed by atoms with van der Waals surface area (Å²) in [6.07, 6.45) is -0.595. The van der Waals surface area contributed by atoms with Crippen LogP contribution in [-0.4, -0.2) is 72.5 Å². The number of rotatable bonds is 8. The summed E-state index contributed by atoms with van der Waals surface area (Å²) in [6.45, 7) is 3.89. The molecule has 1 saturated heterocycles. The Morgan fingerprint density at radius 1 is 1.27 bits per heavy atom. The van der Waals surface area contributed by atoms with Crippen LogP contribution in [0.5, 0.6) is 0 Å². The number of amides is 1.